The number of amides is 1. The van der Waals surface area contributed by atoms with Crippen molar-refractivity contribution >= 4 is 15.7 Å². The Balaban J connectivity index is 3.01. The lowest BCUT2D eigenvalue weighted by Crippen LogP contribution is -2.55. The average Bonchev–Trinajstić information content (AvgIpc) is 2.36. The standard InChI is InChI=1S/C10H19NO5S/c1-2-3-8-17(14,15)10(9(12)11-13)4-6-16-7-5-10/h13H,2-8H2,1H3,(H,11,12). The van der Waals surface area contributed by atoms with Crippen molar-refractivity contribution in [2.24, 2.45) is 0 Å². The van der Waals surface area contributed by atoms with Crippen LogP contribution in [0.2, 0.25) is 0 Å². The molecule has 7 heteroatoms. The lowest BCUT2D eigenvalue weighted by molar-refractivity contribution is -0.134. The van der Waals surface area contributed by atoms with Crippen LogP contribution in [0.15, 0.2) is 0 Å². The van der Waals surface area contributed by atoms with E-state index in [1.54, 1.807) is 0 Å². The largest absolute Gasteiger partial charge is 0.381 e. The second-order valence-electron chi connectivity index (χ2n) is 4.22. The van der Waals surface area contributed by atoms with E-state index in [0.717, 1.165) is 6.42 Å². The Kier molecular flexibility index (Phi) is 4.91. The summed E-state index contributed by atoms with van der Waals surface area (Å²) in [5.74, 6) is -0.867. The number of ether oxygens (including phenoxy) is 1. The van der Waals surface area contributed by atoms with Crippen LogP contribution in [0, 0.1) is 0 Å². The van der Waals surface area contributed by atoms with Crippen molar-refractivity contribution in [2.45, 2.75) is 37.4 Å². The van der Waals surface area contributed by atoms with Gasteiger partial charge in [-0.1, -0.05) is 13.3 Å². The Hall–Kier alpha value is -0.660. The van der Waals surface area contributed by atoms with E-state index < -0.39 is 20.5 Å². The highest BCUT2D eigenvalue weighted by Crippen LogP contribution is 2.31. The molecule has 0 aromatic rings. The van der Waals surface area contributed by atoms with Gasteiger partial charge in [0, 0.05) is 13.2 Å². The van der Waals surface area contributed by atoms with Crippen molar-refractivity contribution in [1.29, 1.82) is 0 Å². The van der Waals surface area contributed by atoms with Gasteiger partial charge in [-0.2, -0.15) is 0 Å². The summed E-state index contributed by atoms with van der Waals surface area (Å²) in [6.45, 7) is 2.33. The molecule has 0 spiro atoms. The summed E-state index contributed by atoms with van der Waals surface area (Å²) in [5, 5.41) is 8.74. The van der Waals surface area contributed by atoms with Crippen LogP contribution in [0.25, 0.3) is 0 Å². The SMILES string of the molecule is CCCCS(=O)(=O)C1(C(=O)NO)CCOCC1. The van der Waals surface area contributed by atoms with Gasteiger partial charge >= 0.3 is 0 Å². The van der Waals surface area contributed by atoms with Crippen LogP contribution in [0.5, 0.6) is 0 Å². The molecule has 0 bridgehead atoms. The molecule has 6 nitrogen and oxygen atoms in total. The highest BCUT2D eigenvalue weighted by atomic mass is 32.2. The lowest BCUT2D eigenvalue weighted by atomic mass is 9.98. The predicted molar refractivity (Wildman–Crippen MR) is 61.4 cm³/mol. The Morgan fingerprint density at radius 3 is 2.47 bits per heavy atom. The third-order valence-corrected chi connectivity index (χ3v) is 5.79. The number of carbonyl (C=O) groups is 1. The van der Waals surface area contributed by atoms with Crippen molar-refractivity contribution in [2.75, 3.05) is 19.0 Å². The van der Waals surface area contributed by atoms with Crippen molar-refractivity contribution in [3.8, 4) is 0 Å². The summed E-state index contributed by atoms with van der Waals surface area (Å²) in [6, 6.07) is 0. The minimum absolute atomic E-state index is 0.0308. The quantitative estimate of drug-likeness (QED) is 0.549. The zero-order valence-electron chi connectivity index (χ0n) is 9.94. The monoisotopic (exact) mass is 265 g/mol. The molecular formula is C10H19NO5S. The van der Waals surface area contributed by atoms with Crippen LogP contribution in [-0.2, 0) is 19.4 Å². The van der Waals surface area contributed by atoms with Crippen molar-refractivity contribution in [3.63, 3.8) is 0 Å². The molecular weight excluding hydrogens is 246 g/mol. The Labute approximate surface area is 101 Å². The van der Waals surface area contributed by atoms with Crippen LogP contribution in [0.4, 0.5) is 0 Å². The highest BCUT2D eigenvalue weighted by Gasteiger charge is 2.50. The Bertz CT molecular complexity index is 359. The van der Waals surface area contributed by atoms with Gasteiger partial charge in [0.25, 0.3) is 5.91 Å². The third-order valence-electron chi connectivity index (χ3n) is 3.18. The molecule has 1 aliphatic heterocycles. The Morgan fingerprint density at radius 2 is 2.00 bits per heavy atom. The van der Waals surface area contributed by atoms with Crippen LogP contribution in [-0.4, -0.2) is 43.2 Å². The van der Waals surface area contributed by atoms with Gasteiger partial charge < -0.3 is 4.74 Å². The van der Waals surface area contributed by atoms with E-state index >= 15 is 0 Å². The molecule has 17 heavy (non-hydrogen) atoms. The second-order valence-corrected chi connectivity index (χ2v) is 6.64. The van der Waals surface area contributed by atoms with Gasteiger partial charge in [-0.3, -0.25) is 10.0 Å². The number of nitrogens with one attached hydrogen (secondary N) is 1. The summed E-state index contributed by atoms with van der Waals surface area (Å²) in [6.07, 6.45) is 1.47. The van der Waals surface area contributed by atoms with E-state index in [1.807, 2.05) is 6.92 Å². The molecule has 1 amide bonds. The smallest absolute Gasteiger partial charge is 0.264 e. The van der Waals surface area contributed by atoms with E-state index in [-0.39, 0.29) is 31.8 Å². The van der Waals surface area contributed by atoms with E-state index in [9.17, 15) is 13.2 Å². The first-order chi connectivity index (χ1) is 8.00. The molecule has 0 unspecified atom stereocenters. The van der Waals surface area contributed by atoms with Crippen LogP contribution < -0.4 is 5.48 Å². The zero-order valence-corrected chi connectivity index (χ0v) is 10.8. The summed E-state index contributed by atoms with van der Waals surface area (Å²) < 4.78 is 28.1. The molecule has 100 valence electrons. The highest BCUT2D eigenvalue weighted by molar-refractivity contribution is 7.93. The summed E-state index contributed by atoms with van der Waals surface area (Å²) >= 11 is 0. The molecule has 0 aliphatic carbocycles. The van der Waals surface area contributed by atoms with Gasteiger partial charge in [-0.25, -0.2) is 13.9 Å². The van der Waals surface area contributed by atoms with E-state index in [0.29, 0.717) is 6.42 Å². The van der Waals surface area contributed by atoms with E-state index in [2.05, 4.69) is 0 Å². The molecule has 0 radical (unpaired) electrons. The van der Waals surface area contributed by atoms with Crippen molar-refractivity contribution in [3.05, 3.63) is 0 Å². The summed E-state index contributed by atoms with van der Waals surface area (Å²) in [4.78, 5) is 11.7. The second kappa shape index (κ2) is 5.79. The van der Waals surface area contributed by atoms with Gasteiger partial charge in [0.15, 0.2) is 14.6 Å². The third kappa shape index (κ3) is 2.78. The fraction of sp³-hybridized carbons (Fsp3) is 0.900. The van der Waals surface area contributed by atoms with E-state index in [1.165, 1.54) is 5.48 Å². The number of carbonyl (C=O) groups excluding carboxylic acids is 1. The number of unbranched alkanes of at least 4 members (excludes halogenated alkanes) is 1. The van der Waals surface area contributed by atoms with Crippen LogP contribution in [0.3, 0.4) is 0 Å². The maximum atomic E-state index is 12.2. The maximum absolute atomic E-state index is 12.2. The fourth-order valence-electron chi connectivity index (χ4n) is 2.01. The van der Waals surface area contributed by atoms with Gasteiger partial charge in [-0.05, 0) is 19.3 Å². The molecule has 0 aromatic carbocycles. The number of rotatable bonds is 5. The first kappa shape index (κ1) is 14.4. The minimum atomic E-state index is -3.57. The molecule has 0 saturated carbocycles. The van der Waals surface area contributed by atoms with Gasteiger partial charge in [0.1, 0.15) is 0 Å². The first-order valence-electron chi connectivity index (χ1n) is 5.75. The zero-order chi connectivity index (χ0) is 12.9. The minimum Gasteiger partial charge on any atom is -0.381 e. The average molecular weight is 265 g/mol. The Morgan fingerprint density at radius 1 is 1.41 bits per heavy atom. The topological polar surface area (TPSA) is 92.7 Å². The lowest BCUT2D eigenvalue weighted by Gasteiger charge is -2.34. The van der Waals surface area contributed by atoms with Crippen LogP contribution in [0.1, 0.15) is 32.6 Å². The van der Waals surface area contributed by atoms with Crippen molar-refractivity contribution < 1.29 is 23.2 Å². The molecule has 1 rings (SSSR count). The van der Waals surface area contributed by atoms with Crippen molar-refractivity contribution in [1.82, 2.24) is 5.48 Å². The van der Waals surface area contributed by atoms with E-state index in [4.69, 9.17) is 9.94 Å². The molecule has 1 heterocycles. The van der Waals surface area contributed by atoms with Crippen LogP contribution >= 0.6 is 0 Å². The molecule has 1 aliphatic rings. The summed E-state index contributed by atoms with van der Waals surface area (Å²) in [7, 11) is -3.57. The molecule has 1 saturated heterocycles. The predicted octanol–water partition coefficient (Wildman–Crippen LogP) is 0.256. The number of hydrogen-bond acceptors (Lipinski definition) is 5. The molecule has 0 atom stereocenters. The van der Waals surface area contributed by atoms with Gasteiger partial charge in [-0.15, -0.1) is 0 Å². The summed E-state index contributed by atoms with van der Waals surface area (Å²) in [5.41, 5.74) is 1.48. The first-order valence-corrected chi connectivity index (χ1v) is 7.40. The normalized spacial score (nSPS) is 19.9. The van der Waals surface area contributed by atoms with Gasteiger partial charge in [0.2, 0.25) is 0 Å². The molecule has 2 N–H and O–H groups in total. The number of hydroxylamine groups is 1. The molecule has 1 fully saturated rings. The van der Waals surface area contributed by atoms with Gasteiger partial charge in [0.05, 0.1) is 5.75 Å². The number of sulfone groups is 1. The fourth-order valence-corrected chi connectivity index (χ4v) is 4.19. The maximum Gasteiger partial charge on any atom is 0.264 e. The molecule has 0 aromatic heterocycles. The number of hydrogen-bond donors (Lipinski definition) is 2.